The van der Waals surface area contributed by atoms with Gasteiger partial charge in [-0.25, -0.2) is 0 Å². The van der Waals surface area contributed by atoms with Crippen LogP contribution in [-0.4, -0.2) is 40.1 Å². The molecule has 0 heterocycles. The predicted octanol–water partition coefficient (Wildman–Crippen LogP) is 1.89. The van der Waals surface area contributed by atoms with Crippen molar-refractivity contribution in [1.82, 2.24) is 0 Å². The molecule has 0 aliphatic rings. The van der Waals surface area contributed by atoms with Crippen molar-refractivity contribution in [1.29, 1.82) is 0 Å². The molecule has 4 aromatic rings. The first-order valence-corrected chi connectivity index (χ1v) is 7.41. The van der Waals surface area contributed by atoms with E-state index in [-0.39, 0.29) is 0 Å². The second-order valence-electron chi connectivity index (χ2n) is 5.51. The van der Waals surface area contributed by atoms with E-state index in [2.05, 4.69) is 84.4 Å². The van der Waals surface area contributed by atoms with Gasteiger partial charge in [0.15, 0.2) is 0 Å². The van der Waals surface area contributed by atoms with Crippen LogP contribution >= 0.6 is 0 Å². The molecule has 3 nitrogen and oxygen atoms in total. The van der Waals surface area contributed by atoms with Crippen LogP contribution in [0.4, 0.5) is 0 Å². The number of hydrogen-bond donors (Lipinski definition) is 3. The van der Waals surface area contributed by atoms with Crippen molar-refractivity contribution in [3.63, 3.8) is 0 Å². The Morgan fingerprint density at radius 3 is 1.91 bits per heavy atom. The summed E-state index contributed by atoms with van der Waals surface area (Å²) in [6, 6.07) is 24.1. The van der Waals surface area contributed by atoms with Gasteiger partial charge in [-0.15, -0.1) is 0 Å². The van der Waals surface area contributed by atoms with E-state index in [1.165, 1.54) is 36.6 Å². The minimum atomic E-state index is -2.17. The molecule has 3 N–H and O–H groups in total. The van der Waals surface area contributed by atoms with Gasteiger partial charge in [0.25, 0.3) is 0 Å². The number of rotatable bonds is 0. The van der Waals surface area contributed by atoms with Crippen molar-refractivity contribution >= 4 is 61.6 Å². The number of hydrogen-bond acceptors (Lipinski definition) is 3. The molecule has 0 bridgehead atoms. The fraction of sp³-hybridized carbons (Fsp3) is 0. The molecular weight excluding hydrogens is 282 g/mol. The van der Waals surface area contributed by atoms with E-state index in [1.54, 1.807) is 0 Å². The Hall–Kier alpha value is -1.80. The van der Waals surface area contributed by atoms with Crippen molar-refractivity contribution in [2.24, 2.45) is 0 Å². The molecule has 0 unspecified atom stereocenters. The first-order chi connectivity index (χ1) is 11.1. The zero-order valence-corrected chi connectivity index (χ0v) is 12.8. The Balaban J connectivity index is 0.000000354. The van der Waals surface area contributed by atoms with E-state index in [4.69, 9.17) is 15.1 Å². The van der Waals surface area contributed by atoms with Crippen LogP contribution in [0.1, 0.15) is 0 Å². The molecule has 0 fully saturated rings. The summed E-state index contributed by atoms with van der Waals surface area (Å²) in [5, 5.41) is 29.5. The van der Waals surface area contributed by atoms with Crippen LogP contribution in [0.3, 0.4) is 0 Å². The van der Waals surface area contributed by atoms with Gasteiger partial charge in [0.2, 0.25) is 0 Å². The molecule has 0 spiro atoms. The first kappa shape index (κ1) is 16.1. The SMILES string of the molecule is OB(O)O.[Li][c]1cccc2ccc3cc4ccccc4cc3c12. The monoisotopic (exact) mass is 296 g/mol. The van der Waals surface area contributed by atoms with Crippen LogP contribution in [0, 0.1) is 0 Å². The molecule has 108 valence electrons. The van der Waals surface area contributed by atoms with E-state index in [0.29, 0.717) is 0 Å². The summed E-state index contributed by atoms with van der Waals surface area (Å²) in [5.74, 6) is 0. The molecule has 23 heavy (non-hydrogen) atoms. The maximum absolute atomic E-state index is 7.17. The Morgan fingerprint density at radius 2 is 1.22 bits per heavy atom. The van der Waals surface area contributed by atoms with Crippen LogP contribution < -0.4 is 4.24 Å². The van der Waals surface area contributed by atoms with Gasteiger partial charge in [-0.3, -0.25) is 0 Å². The summed E-state index contributed by atoms with van der Waals surface area (Å²) in [7, 11) is -2.17. The fourth-order valence-corrected chi connectivity index (χ4v) is 2.99. The molecule has 0 saturated heterocycles. The molecule has 0 atom stereocenters. The van der Waals surface area contributed by atoms with Gasteiger partial charge in [0.1, 0.15) is 0 Å². The van der Waals surface area contributed by atoms with Gasteiger partial charge in [-0.1, -0.05) is 0 Å². The molecule has 0 amide bonds. The van der Waals surface area contributed by atoms with Crippen LogP contribution in [-0.2, 0) is 0 Å². The summed E-state index contributed by atoms with van der Waals surface area (Å²) in [5.41, 5.74) is 0. The van der Waals surface area contributed by atoms with Crippen molar-refractivity contribution in [3.05, 3.63) is 66.7 Å². The minimum absolute atomic E-state index is 1.31. The van der Waals surface area contributed by atoms with Crippen LogP contribution in [0.2, 0.25) is 0 Å². The maximum atomic E-state index is 7.17. The van der Waals surface area contributed by atoms with Gasteiger partial charge in [-0.05, 0) is 0 Å². The topological polar surface area (TPSA) is 60.7 Å². The molecule has 0 aliphatic carbocycles. The summed E-state index contributed by atoms with van der Waals surface area (Å²) in [6.45, 7) is 0. The Bertz CT molecular complexity index is 983. The standard InChI is InChI=1S/C18H11.BH3O3.Li/c1-2-7-15-12-18-16(11-14(15)6-1)10-9-13-5-3-4-8-17(13)18;2-1(3)4;/h1-7,9-12H;2-4H;. The summed E-state index contributed by atoms with van der Waals surface area (Å²) in [6.07, 6.45) is 0. The Morgan fingerprint density at radius 1 is 0.652 bits per heavy atom. The van der Waals surface area contributed by atoms with Crippen LogP contribution in [0.25, 0.3) is 32.3 Å². The average molecular weight is 296 g/mol. The average Bonchev–Trinajstić information content (AvgIpc) is 2.52. The van der Waals surface area contributed by atoms with E-state index in [9.17, 15) is 0 Å². The molecule has 0 aliphatic heterocycles. The molecular formula is C18H14BLiO3. The summed E-state index contributed by atoms with van der Waals surface area (Å²) in [4.78, 5) is 0. The zero-order valence-electron chi connectivity index (χ0n) is 12.8. The normalized spacial score (nSPS) is 10.7. The van der Waals surface area contributed by atoms with Crippen molar-refractivity contribution in [2.75, 3.05) is 0 Å². The third-order valence-corrected chi connectivity index (χ3v) is 3.93. The molecule has 0 aromatic heterocycles. The predicted molar refractivity (Wildman–Crippen MR) is 96.8 cm³/mol. The van der Waals surface area contributed by atoms with Crippen molar-refractivity contribution in [3.8, 4) is 0 Å². The Labute approximate surface area is 143 Å². The third kappa shape index (κ3) is 3.43. The zero-order chi connectivity index (χ0) is 16.4. The molecule has 0 radical (unpaired) electrons. The summed E-state index contributed by atoms with van der Waals surface area (Å²) < 4.78 is 1.35. The van der Waals surface area contributed by atoms with E-state index < -0.39 is 7.32 Å². The molecule has 0 saturated carbocycles. The van der Waals surface area contributed by atoms with Crippen LogP contribution in [0.5, 0.6) is 0 Å². The van der Waals surface area contributed by atoms with E-state index >= 15 is 0 Å². The molecule has 4 rings (SSSR count). The molecule has 5 heteroatoms. The van der Waals surface area contributed by atoms with Gasteiger partial charge in [0.05, 0.1) is 0 Å². The summed E-state index contributed by atoms with van der Waals surface area (Å²) >= 11 is 2.19. The number of benzene rings is 4. The van der Waals surface area contributed by atoms with E-state index in [1.807, 2.05) is 0 Å². The molecule has 4 aromatic carbocycles. The van der Waals surface area contributed by atoms with Gasteiger partial charge >= 0.3 is 128 Å². The van der Waals surface area contributed by atoms with Gasteiger partial charge < -0.3 is 15.1 Å². The van der Waals surface area contributed by atoms with Crippen molar-refractivity contribution in [2.45, 2.75) is 0 Å². The fourth-order valence-electron chi connectivity index (χ4n) is 2.99. The quantitative estimate of drug-likeness (QED) is 0.264. The second kappa shape index (κ2) is 6.76. The Kier molecular flexibility index (Phi) is 4.72. The van der Waals surface area contributed by atoms with E-state index in [0.717, 1.165) is 0 Å². The second-order valence-corrected chi connectivity index (χ2v) is 5.51. The van der Waals surface area contributed by atoms with Gasteiger partial charge in [0, 0.05) is 0 Å². The van der Waals surface area contributed by atoms with Gasteiger partial charge in [-0.2, -0.15) is 0 Å². The van der Waals surface area contributed by atoms with Crippen molar-refractivity contribution < 1.29 is 15.1 Å². The third-order valence-electron chi connectivity index (χ3n) is 3.93. The first-order valence-electron chi connectivity index (χ1n) is 7.41. The van der Waals surface area contributed by atoms with Crippen LogP contribution in [0.15, 0.2) is 66.7 Å². The number of fused-ring (bicyclic) bond motifs is 4.